The number of benzene rings is 2. The summed E-state index contributed by atoms with van der Waals surface area (Å²) in [5.74, 6) is 0. The monoisotopic (exact) mass is 201 g/mol. The summed E-state index contributed by atoms with van der Waals surface area (Å²) in [6, 6.07) is 10.0. The second-order valence-electron chi connectivity index (χ2n) is 3.78. The molecule has 0 heterocycles. The quantitative estimate of drug-likeness (QED) is 0.732. The summed E-state index contributed by atoms with van der Waals surface area (Å²) < 4.78 is 0. The van der Waals surface area contributed by atoms with E-state index in [1.807, 2.05) is 31.2 Å². The number of nitrogen functional groups attached to an aromatic ring is 1. The number of rotatable bonds is 2. The molecule has 0 bridgehead atoms. The van der Waals surface area contributed by atoms with Crippen molar-refractivity contribution in [1.29, 1.82) is 0 Å². The van der Waals surface area contributed by atoms with Crippen LogP contribution >= 0.6 is 0 Å². The minimum Gasteiger partial charge on any atom is -0.398 e. The highest BCUT2D eigenvalue weighted by Crippen LogP contribution is 2.27. The van der Waals surface area contributed by atoms with Gasteiger partial charge in [-0.1, -0.05) is 24.3 Å². The van der Waals surface area contributed by atoms with Crippen molar-refractivity contribution in [2.75, 3.05) is 12.3 Å². The zero-order valence-electron chi connectivity index (χ0n) is 8.83. The third-order valence-corrected chi connectivity index (χ3v) is 2.77. The number of aliphatic hydroxyl groups is 1. The number of hydrogen-bond donors (Lipinski definition) is 2. The third-order valence-electron chi connectivity index (χ3n) is 2.77. The predicted molar refractivity (Wildman–Crippen MR) is 63.9 cm³/mol. The van der Waals surface area contributed by atoms with Crippen molar-refractivity contribution in [2.24, 2.45) is 0 Å². The number of hydrogen-bond acceptors (Lipinski definition) is 2. The van der Waals surface area contributed by atoms with Crippen LogP contribution in [0.25, 0.3) is 10.8 Å². The minimum atomic E-state index is 0.175. The Bertz CT molecular complexity index is 491. The van der Waals surface area contributed by atoms with Crippen molar-refractivity contribution < 1.29 is 5.11 Å². The Balaban J connectivity index is 2.77. The van der Waals surface area contributed by atoms with Crippen LogP contribution in [0.5, 0.6) is 0 Å². The first-order chi connectivity index (χ1) is 7.24. The summed E-state index contributed by atoms with van der Waals surface area (Å²) in [6.45, 7) is 2.21. The van der Waals surface area contributed by atoms with Crippen LogP contribution in [0.3, 0.4) is 0 Å². The molecule has 3 N–H and O–H groups in total. The van der Waals surface area contributed by atoms with Gasteiger partial charge in [0.2, 0.25) is 0 Å². The van der Waals surface area contributed by atoms with E-state index in [4.69, 9.17) is 10.8 Å². The molecule has 0 amide bonds. The molecule has 0 spiro atoms. The lowest BCUT2D eigenvalue weighted by atomic mass is 9.96. The molecule has 2 aromatic rings. The highest BCUT2D eigenvalue weighted by molar-refractivity contribution is 5.96. The zero-order valence-corrected chi connectivity index (χ0v) is 8.83. The molecule has 2 aromatic carbocycles. The lowest BCUT2D eigenvalue weighted by molar-refractivity contribution is 0.300. The molecule has 0 atom stereocenters. The molecule has 0 aliphatic carbocycles. The molecule has 78 valence electrons. The largest absolute Gasteiger partial charge is 0.398 e. The zero-order chi connectivity index (χ0) is 10.8. The van der Waals surface area contributed by atoms with Gasteiger partial charge in [-0.05, 0) is 35.9 Å². The molecule has 0 saturated heterocycles. The Morgan fingerprint density at radius 3 is 2.53 bits per heavy atom. The molecular weight excluding hydrogens is 186 g/mol. The van der Waals surface area contributed by atoms with E-state index in [1.54, 1.807) is 0 Å². The Morgan fingerprint density at radius 2 is 1.87 bits per heavy atom. The molecule has 0 fully saturated rings. The van der Waals surface area contributed by atoms with E-state index < -0.39 is 0 Å². The van der Waals surface area contributed by atoms with E-state index in [9.17, 15) is 0 Å². The normalized spacial score (nSPS) is 10.8. The van der Waals surface area contributed by atoms with Gasteiger partial charge >= 0.3 is 0 Å². The van der Waals surface area contributed by atoms with E-state index in [-0.39, 0.29) is 6.61 Å². The van der Waals surface area contributed by atoms with Gasteiger partial charge in [-0.3, -0.25) is 0 Å². The van der Waals surface area contributed by atoms with Crippen LogP contribution in [0.2, 0.25) is 0 Å². The molecule has 0 unspecified atom stereocenters. The van der Waals surface area contributed by atoms with E-state index in [0.29, 0.717) is 6.42 Å². The highest BCUT2D eigenvalue weighted by Gasteiger charge is 2.06. The number of aryl methyl sites for hydroxylation is 1. The van der Waals surface area contributed by atoms with Gasteiger partial charge in [0, 0.05) is 17.7 Å². The fourth-order valence-corrected chi connectivity index (χ4v) is 2.05. The van der Waals surface area contributed by atoms with Crippen molar-refractivity contribution >= 4 is 16.5 Å². The Kier molecular flexibility index (Phi) is 2.60. The van der Waals surface area contributed by atoms with E-state index >= 15 is 0 Å². The molecule has 2 heteroatoms. The second kappa shape index (κ2) is 3.91. The molecule has 2 rings (SSSR count). The standard InChI is InChI=1S/C13H15NO/c1-9-8-13(14)12-5-3-2-4-11(12)10(9)6-7-15/h2-5,8,15H,6-7,14H2,1H3. The summed E-state index contributed by atoms with van der Waals surface area (Å²) in [6.07, 6.45) is 0.687. The number of nitrogens with two attached hydrogens (primary N) is 1. The summed E-state index contributed by atoms with van der Waals surface area (Å²) >= 11 is 0. The first-order valence-electron chi connectivity index (χ1n) is 5.11. The Labute approximate surface area is 89.3 Å². The highest BCUT2D eigenvalue weighted by atomic mass is 16.2. The minimum absolute atomic E-state index is 0.175. The lowest BCUT2D eigenvalue weighted by Crippen LogP contribution is -1.98. The molecule has 0 aliphatic rings. The Hall–Kier alpha value is -1.54. The van der Waals surface area contributed by atoms with Crippen LogP contribution in [0.1, 0.15) is 11.1 Å². The van der Waals surface area contributed by atoms with Gasteiger partial charge in [-0.25, -0.2) is 0 Å². The number of anilines is 1. The van der Waals surface area contributed by atoms with Crippen LogP contribution in [0, 0.1) is 6.92 Å². The average molecular weight is 201 g/mol. The molecule has 0 aliphatic heterocycles. The predicted octanol–water partition coefficient (Wildman–Crippen LogP) is 2.27. The van der Waals surface area contributed by atoms with Crippen molar-refractivity contribution in [3.63, 3.8) is 0 Å². The van der Waals surface area contributed by atoms with Gasteiger partial charge in [0.15, 0.2) is 0 Å². The number of fused-ring (bicyclic) bond motifs is 1. The van der Waals surface area contributed by atoms with Crippen LogP contribution in [0.4, 0.5) is 5.69 Å². The molecule has 0 saturated carbocycles. The van der Waals surface area contributed by atoms with Gasteiger partial charge in [0.1, 0.15) is 0 Å². The van der Waals surface area contributed by atoms with Gasteiger partial charge in [0.25, 0.3) is 0 Å². The van der Waals surface area contributed by atoms with Crippen molar-refractivity contribution in [3.8, 4) is 0 Å². The van der Waals surface area contributed by atoms with Crippen LogP contribution in [0.15, 0.2) is 30.3 Å². The molecule has 0 aromatic heterocycles. The maximum absolute atomic E-state index is 9.04. The smallest absolute Gasteiger partial charge is 0.0471 e. The first kappa shape index (κ1) is 9.99. The van der Waals surface area contributed by atoms with Crippen LogP contribution in [-0.4, -0.2) is 11.7 Å². The van der Waals surface area contributed by atoms with Crippen LogP contribution < -0.4 is 5.73 Å². The van der Waals surface area contributed by atoms with E-state index in [0.717, 1.165) is 22.0 Å². The van der Waals surface area contributed by atoms with Gasteiger partial charge in [-0.15, -0.1) is 0 Å². The van der Waals surface area contributed by atoms with Gasteiger partial charge < -0.3 is 10.8 Å². The molecule has 2 nitrogen and oxygen atoms in total. The maximum Gasteiger partial charge on any atom is 0.0471 e. The first-order valence-corrected chi connectivity index (χ1v) is 5.11. The van der Waals surface area contributed by atoms with Crippen molar-refractivity contribution in [2.45, 2.75) is 13.3 Å². The number of aliphatic hydroxyl groups excluding tert-OH is 1. The van der Waals surface area contributed by atoms with Crippen molar-refractivity contribution in [1.82, 2.24) is 0 Å². The summed E-state index contributed by atoms with van der Waals surface area (Å²) in [5.41, 5.74) is 9.12. The van der Waals surface area contributed by atoms with Gasteiger partial charge in [0.05, 0.1) is 0 Å². The van der Waals surface area contributed by atoms with Crippen LogP contribution in [-0.2, 0) is 6.42 Å². The topological polar surface area (TPSA) is 46.2 Å². The molecule has 0 radical (unpaired) electrons. The lowest BCUT2D eigenvalue weighted by Gasteiger charge is -2.11. The Morgan fingerprint density at radius 1 is 1.20 bits per heavy atom. The maximum atomic E-state index is 9.04. The molecule has 15 heavy (non-hydrogen) atoms. The summed E-state index contributed by atoms with van der Waals surface area (Å²) in [5, 5.41) is 11.3. The van der Waals surface area contributed by atoms with Gasteiger partial charge in [-0.2, -0.15) is 0 Å². The fourth-order valence-electron chi connectivity index (χ4n) is 2.05. The SMILES string of the molecule is Cc1cc(N)c2ccccc2c1CCO. The van der Waals surface area contributed by atoms with E-state index in [2.05, 4.69) is 6.07 Å². The summed E-state index contributed by atoms with van der Waals surface area (Å²) in [7, 11) is 0. The summed E-state index contributed by atoms with van der Waals surface area (Å²) in [4.78, 5) is 0. The van der Waals surface area contributed by atoms with E-state index in [1.165, 1.54) is 5.56 Å². The van der Waals surface area contributed by atoms with Crippen molar-refractivity contribution in [3.05, 3.63) is 41.5 Å². The second-order valence-corrected chi connectivity index (χ2v) is 3.78. The average Bonchev–Trinajstić information content (AvgIpc) is 2.24. The molecular formula is C13H15NO. The third kappa shape index (κ3) is 1.68. The fraction of sp³-hybridized carbons (Fsp3) is 0.231.